The van der Waals surface area contributed by atoms with Gasteiger partial charge < -0.3 is 14.4 Å². The van der Waals surface area contributed by atoms with Crippen LogP contribution in [0.2, 0.25) is 5.02 Å². The Hall–Kier alpha value is -3.38. The number of aromatic nitrogens is 1. The fraction of sp³-hybridized carbons (Fsp3) is 0.0870. The molecule has 30 heavy (non-hydrogen) atoms. The molecule has 0 unspecified atom stereocenters. The van der Waals surface area contributed by atoms with E-state index in [0.29, 0.717) is 28.3 Å². The molecule has 0 saturated heterocycles. The fourth-order valence-electron chi connectivity index (χ4n) is 3.40. The van der Waals surface area contributed by atoms with E-state index in [4.69, 9.17) is 16.3 Å². The molecule has 0 aliphatic carbocycles. The molecule has 0 radical (unpaired) electrons. The average molecular weight is 428 g/mol. The number of ether oxygens (including phenoxy) is 1. The highest BCUT2D eigenvalue weighted by atomic mass is 35.5. The third kappa shape index (κ3) is 4.14. The lowest BCUT2D eigenvalue weighted by atomic mass is 10.1. The van der Waals surface area contributed by atoms with Crippen molar-refractivity contribution >= 4 is 28.5 Å². The van der Waals surface area contributed by atoms with Gasteiger partial charge in [0.1, 0.15) is 24.0 Å². The normalized spacial score (nSPS) is 11.0. The van der Waals surface area contributed by atoms with Crippen molar-refractivity contribution in [2.24, 2.45) is 0 Å². The Labute approximate surface area is 175 Å². The van der Waals surface area contributed by atoms with Crippen LogP contribution >= 0.6 is 11.6 Å². The zero-order valence-corrected chi connectivity index (χ0v) is 16.4. The highest BCUT2D eigenvalue weighted by Gasteiger charge is 2.13. The van der Waals surface area contributed by atoms with Gasteiger partial charge >= 0.3 is 5.97 Å². The molecule has 0 amide bonds. The second kappa shape index (κ2) is 8.16. The van der Waals surface area contributed by atoms with Crippen LogP contribution in [0.15, 0.2) is 66.9 Å². The van der Waals surface area contributed by atoms with Gasteiger partial charge in [0.15, 0.2) is 0 Å². The minimum Gasteiger partial charge on any atom is -0.489 e. The number of hydrogen-bond acceptors (Lipinski definition) is 2. The van der Waals surface area contributed by atoms with Gasteiger partial charge in [-0.3, -0.25) is 0 Å². The number of carbonyl (C=O) groups is 1. The van der Waals surface area contributed by atoms with Gasteiger partial charge in [-0.05, 0) is 54.1 Å². The Bertz CT molecular complexity index is 1230. The van der Waals surface area contributed by atoms with Crippen LogP contribution in [0.25, 0.3) is 10.9 Å². The van der Waals surface area contributed by atoms with Crippen LogP contribution in [0.1, 0.15) is 21.5 Å². The maximum atomic E-state index is 13.4. The summed E-state index contributed by atoms with van der Waals surface area (Å²) >= 11 is 6.16. The monoisotopic (exact) mass is 427 g/mol. The van der Waals surface area contributed by atoms with E-state index in [1.807, 2.05) is 10.6 Å². The first-order valence-corrected chi connectivity index (χ1v) is 9.46. The van der Waals surface area contributed by atoms with Gasteiger partial charge in [-0.25, -0.2) is 13.6 Å². The van der Waals surface area contributed by atoms with Crippen molar-refractivity contribution in [2.45, 2.75) is 13.2 Å². The number of nitrogens with zero attached hydrogens (tertiary/aromatic N) is 1. The van der Waals surface area contributed by atoms with Gasteiger partial charge in [-0.1, -0.05) is 17.7 Å². The van der Waals surface area contributed by atoms with E-state index < -0.39 is 17.6 Å². The van der Waals surface area contributed by atoms with Gasteiger partial charge in [0, 0.05) is 33.8 Å². The molecular formula is C23H16ClF2NO3. The number of halogens is 3. The first-order chi connectivity index (χ1) is 14.4. The first kappa shape index (κ1) is 19.9. The minimum atomic E-state index is -0.993. The Morgan fingerprint density at radius 1 is 1.03 bits per heavy atom. The van der Waals surface area contributed by atoms with Gasteiger partial charge in [-0.15, -0.1) is 0 Å². The molecule has 1 aromatic heterocycles. The summed E-state index contributed by atoms with van der Waals surface area (Å²) in [6.45, 7) is 0.360. The summed E-state index contributed by atoms with van der Waals surface area (Å²) in [5.74, 6) is -1.82. The largest absolute Gasteiger partial charge is 0.489 e. The van der Waals surface area contributed by atoms with E-state index in [1.54, 1.807) is 42.6 Å². The number of benzene rings is 3. The zero-order chi connectivity index (χ0) is 21.3. The summed E-state index contributed by atoms with van der Waals surface area (Å²) in [5, 5.41) is 10.5. The SMILES string of the molecule is O=C(O)c1cccc2c1ccn2Cc1cc(Cl)ccc1OCc1cc(F)cc(F)c1. The number of hydrogen-bond donors (Lipinski definition) is 1. The van der Waals surface area contributed by atoms with Gasteiger partial charge in [0.25, 0.3) is 0 Å². The average Bonchev–Trinajstić information content (AvgIpc) is 3.09. The lowest BCUT2D eigenvalue weighted by Crippen LogP contribution is -2.04. The molecule has 0 aliphatic rings. The third-order valence-electron chi connectivity index (χ3n) is 4.72. The Kier molecular flexibility index (Phi) is 5.42. The summed E-state index contributed by atoms with van der Waals surface area (Å²) < 4.78 is 34.5. The summed E-state index contributed by atoms with van der Waals surface area (Å²) in [6, 6.07) is 15.2. The van der Waals surface area contributed by atoms with Crippen LogP contribution in [0.3, 0.4) is 0 Å². The topological polar surface area (TPSA) is 51.5 Å². The van der Waals surface area contributed by atoms with Crippen LogP contribution in [0.4, 0.5) is 8.78 Å². The van der Waals surface area contributed by atoms with Crippen LogP contribution in [0, 0.1) is 11.6 Å². The second-order valence-corrected chi connectivity index (χ2v) is 7.24. The summed E-state index contributed by atoms with van der Waals surface area (Å²) in [5.41, 5.74) is 2.10. The van der Waals surface area contributed by atoms with Crippen LogP contribution in [0.5, 0.6) is 5.75 Å². The first-order valence-electron chi connectivity index (χ1n) is 9.08. The third-order valence-corrected chi connectivity index (χ3v) is 4.96. The van der Waals surface area contributed by atoms with Crippen molar-refractivity contribution in [3.05, 3.63) is 100 Å². The molecule has 3 aromatic carbocycles. The van der Waals surface area contributed by atoms with Crippen molar-refractivity contribution in [1.82, 2.24) is 4.57 Å². The predicted molar refractivity (Wildman–Crippen MR) is 110 cm³/mol. The molecule has 0 aliphatic heterocycles. The number of fused-ring (bicyclic) bond motifs is 1. The molecule has 0 spiro atoms. The molecule has 0 fully saturated rings. The van der Waals surface area contributed by atoms with E-state index in [1.165, 1.54) is 12.1 Å². The van der Waals surface area contributed by atoms with Crippen molar-refractivity contribution < 1.29 is 23.4 Å². The lowest BCUT2D eigenvalue weighted by molar-refractivity contribution is 0.0699. The number of aromatic carboxylic acids is 1. The number of carboxylic acid groups (broad SMARTS) is 1. The van der Waals surface area contributed by atoms with Crippen LogP contribution in [-0.2, 0) is 13.2 Å². The van der Waals surface area contributed by atoms with E-state index in [2.05, 4.69) is 0 Å². The molecule has 7 heteroatoms. The Morgan fingerprint density at radius 2 is 1.80 bits per heavy atom. The molecule has 1 heterocycles. The fourth-order valence-corrected chi connectivity index (χ4v) is 3.59. The standard InChI is InChI=1S/C23H16ClF2NO3/c24-16-4-5-22(30-13-14-8-17(25)11-18(26)9-14)15(10-16)12-27-7-6-19-20(23(28)29)2-1-3-21(19)27/h1-11H,12-13H2,(H,28,29). The van der Waals surface area contributed by atoms with Gasteiger partial charge in [0.05, 0.1) is 12.1 Å². The molecule has 0 saturated carbocycles. The minimum absolute atomic E-state index is 0.0150. The predicted octanol–water partition coefficient (Wildman–Crippen LogP) is 5.90. The van der Waals surface area contributed by atoms with Crippen molar-refractivity contribution in [3.63, 3.8) is 0 Å². The van der Waals surface area contributed by atoms with Crippen molar-refractivity contribution in [1.29, 1.82) is 0 Å². The molecule has 4 nitrogen and oxygen atoms in total. The molecule has 0 atom stereocenters. The molecule has 0 bridgehead atoms. The van der Waals surface area contributed by atoms with Crippen LogP contribution < -0.4 is 4.74 Å². The summed E-state index contributed by atoms with van der Waals surface area (Å²) in [4.78, 5) is 11.4. The van der Waals surface area contributed by atoms with E-state index in [9.17, 15) is 18.7 Å². The maximum Gasteiger partial charge on any atom is 0.336 e. The number of rotatable bonds is 6. The Morgan fingerprint density at radius 3 is 2.53 bits per heavy atom. The Balaban J connectivity index is 1.63. The second-order valence-electron chi connectivity index (χ2n) is 6.81. The molecule has 152 valence electrons. The van der Waals surface area contributed by atoms with Crippen LogP contribution in [-0.4, -0.2) is 15.6 Å². The van der Waals surface area contributed by atoms with Gasteiger partial charge in [0.2, 0.25) is 0 Å². The summed E-state index contributed by atoms with van der Waals surface area (Å²) in [6.07, 6.45) is 1.80. The van der Waals surface area contributed by atoms with E-state index >= 15 is 0 Å². The molecule has 4 aromatic rings. The molecular weight excluding hydrogens is 412 g/mol. The van der Waals surface area contributed by atoms with E-state index in [0.717, 1.165) is 17.1 Å². The van der Waals surface area contributed by atoms with Crippen molar-refractivity contribution in [3.8, 4) is 5.75 Å². The molecule has 1 N–H and O–H groups in total. The highest BCUT2D eigenvalue weighted by Crippen LogP contribution is 2.28. The maximum absolute atomic E-state index is 13.4. The zero-order valence-electron chi connectivity index (χ0n) is 15.6. The summed E-state index contributed by atoms with van der Waals surface area (Å²) in [7, 11) is 0. The van der Waals surface area contributed by atoms with Crippen molar-refractivity contribution in [2.75, 3.05) is 0 Å². The highest BCUT2D eigenvalue weighted by molar-refractivity contribution is 6.30. The quantitative estimate of drug-likeness (QED) is 0.417. The number of carboxylic acids is 1. The van der Waals surface area contributed by atoms with Gasteiger partial charge in [-0.2, -0.15) is 0 Å². The van der Waals surface area contributed by atoms with E-state index in [-0.39, 0.29) is 12.2 Å². The lowest BCUT2D eigenvalue weighted by Gasteiger charge is -2.14. The smallest absolute Gasteiger partial charge is 0.336 e. The molecule has 4 rings (SSSR count).